The van der Waals surface area contributed by atoms with Crippen LogP contribution in [-0.2, 0) is 17.6 Å². The number of aromatic amines is 1. The molecule has 1 fully saturated rings. The number of aliphatic carboxylic acids is 1. The molecule has 10 heteroatoms. The van der Waals surface area contributed by atoms with E-state index in [9.17, 15) is 14.7 Å². The number of H-pyrrole nitrogens is 1. The van der Waals surface area contributed by atoms with Gasteiger partial charge < -0.3 is 25.2 Å². The van der Waals surface area contributed by atoms with Crippen molar-refractivity contribution in [3.63, 3.8) is 0 Å². The number of urea groups is 1. The van der Waals surface area contributed by atoms with Gasteiger partial charge in [0.1, 0.15) is 5.82 Å². The molecule has 0 radical (unpaired) electrons. The molecule has 1 unspecified atom stereocenters. The zero-order valence-electron chi connectivity index (χ0n) is 18.3. The van der Waals surface area contributed by atoms with Crippen molar-refractivity contribution in [3.8, 4) is 0 Å². The summed E-state index contributed by atoms with van der Waals surface area (Å²) in [5.41, 5.74) is 4.30. The third-order valence-corrected chi connectivity index (χ3v) is 6.35. The van der Waals surface area contributed by atoms with Crippen molar-refractivity contribution in [1.29, 1.82) is 0 Å². The van der Waals surface area contributed by atoms with Crippen LogP contribution in [0.3, 0.4) is 0 Å². The van der Waals surface area contributed by atoms with Crippen molar-refractivity contribution < 1.29 is 14.7 Å². The van der Waals surface area contributed by atoms with Gasteiger partial charge in [0.25, 0.3) is 0 Å². The third kappa shape index (κ3) is 4.46. The van der Waals surface area contributed by atoms with E-state index in [-0.39, 0.29) is 12.5 Å². The summed E-state index contributed by atoms with van der Waals surface area (Å²) in [4.78, 5) is 44.4. The maximum atomic E-state index is 13.1. The second-order valence-corrected chi connectivity index (χ2v) is 8.55. The summed E-state index contributed by atoms with van der Waals surface area (Å²) in [6.45, 7) is 2.60. The van der Waals surface area contributed by atoms with Crippen molar-refractivity contribution in [2.24, 2.45) is 0 Å². The minimum absolute atomic E-state index is 0.148. The monoisotopic (exact) mass is 449 g/mol. The van der Waals surface area contributed by atoms with E-state index >= 15 is 0 Å². The van der Waals surface area contributed by atoms with Crippen LogP contribution in [0.4, 0.5) is 10.6 Å². The predicted molar refractivity (Wildman–Crippen MR) is 122 cm³/mol. The topological polar surface area (TPSA) is 127 Å². The molecule has 0 spiro atoms. The number of carbonyl (C=O) groups excluding carboxylic acids is 1. The number of nitrogens with one attached hydrogen (secondary N) is 2. The number of hydrogen-bond acceptors (Lipinski definition) is 6. The zero-order chi connectivity index (χ0) is 22.8. The normalized spacial score (nSPS) is 16.7. The van der Waals surface area contributed by atoms with Crippen LogP contribution in [0.1, 0.15) is 42.3 Å². The van der Waals surface area contributed by atoms with Crippen LogP contribution in [0.5, 0.6) is 0 Å². The Kier molecular flexibility index (Phi) is 5.80. The van der Waals surface area contributed by atoms with Gasteiger partial charge in [-0.1, -0.05) is 6.07 Å². The number of aryl methyl sites for hydroxylation is 2. The Labute approximate surface area is 191 Å². The largest absolute Gasteiger partial charge is 0.481 e. The summed E-state index contributed by atoms with van der Waals surface area (Å²) in [7, 11) is 0. The number of fused-ring (bicyclic) bond motifs is 2. The molecule has 2 aliphatic rings. The Morgan fingerprint density at radius 3 is 3.03 bits per heavy atom. The molecule has 5 heterocycles. The highest BCUT2D eigenvalue weighted by molar-refractivity contribution is 5.79. The molecule has 3 aromatic rings. The fourth-order valence-corrected chi connectivity index (χ4v) is 4.63. The SMILES string of the molecule is O=C(O)CC(c1cc2nc[nH]c2cn1)N1CCN(CCCc2ccc3c(n2)NCCC3)C1=O. The molecule has 2 amide bonds. The Morgan fingerprint density at radius 2 is 2.15 bits per heavy atom. The van der Waals surface area contributed by atoms with Crippen molar-refractivity contribution in [2.75, 3.05) is 31.5 Å². The van der Waals surface area contributed by atoms with Crippen molar-refractivity contribution in [3.05, 3.63) is 47.7 Å². The summed E-state index contributed by atoms with van der Waals surface area (Å²) in [6, 6.07) is 5.20. The Morgan fingerprint density at radius 1 is 1.24 bits per heavy atom. The fourth-order valence-electron chi connectivity index (χ4n) is 4.63. The summed E-state index contributed by atoms with van der Waals surface area (Å²) in [6.07, 6.45) is 6.78. The molecule has 0 bridgehead atoms. The van der Waals surface area contributed by atoms with Gasteiger partial charge in [0, 0.05) is 31.9 Å². The average Bonchev–Trinajstić information content (AvgIpc) is 3.43. The lowest BCUT2D eigenvalue weighted by atomic mass is 10.1. The first-order valence-electron chi connectivity index (χ1n) is 11.4. The van der Waals surface area contributed by atoms with E-state index < -0.39 is 12.0 Å². The average molecular weight is 450 g/mol. The van der Waals surface area contributed by atoms with Gasteiger partial charge in [-0.2, -0.15) is 0 Å². The van der Waals surface area contributed by atoms with E-state index in [1.54, 1.807) is 28.4 Å². The summed E-state index contributed by atoms with van der Waals surface area (Å²) >= 11 is 0. The lowest BCUT2D eigenvalue weighted by molar-refractivity contribution is -0.138. The van der Waals surface area contributed by atoms with Gasteiger partial charge in [0.15, 0.2) is 0 Å². The molecule has 3 N–H and O–H groups in total. The number of hydrogen-bond donors (Lipinski definition) is 3. The Balaban J connectivity index is 1.23. The molecule has 1 saturated heterocycles. The van der Waals surface area contributed by atoms with Gasteiger partial charge in [0.05, 0.1) is 41.7 Å². The van der Waals surface area contributed by atoms with Gasteiger partial charge in [-0.15, -0.1) is 0 Å². The van der Waals surface area contributed by atoms with Crippen molar-refractivity contribution >= 4 is 28.9 Å². The first-order valence-corrected chi connectivity index (χ1v) is 11.4. The first kappa shape index (κ1) is 21.2. The van der Waals surface area contributed by atoms with Crippen LogP contribution in [0.15, 0.2) is 30.7 Å². The van der Waals surface area contributed by atoms with Gasteiger partial charge >= 0.3 is 12.0 Å². The molecule has 10 nitrogen and oxygen atoms in total. The highest BCUT2D eigenvalue weighted by Gasteiger charge is 2.36. The van der Waals surface area contributed by atoms with Gasteiger partial charge in [-0.25, -0.2) is 14.8 Å². The minimum atomic E-state index is -0.970. The molecular weight excluding hydrogens is 422 g/mol. The number of amides is 2. The van der Waals surface area contributed by atoms with Crippen LogP contribution in [0, 0.1) is 0 Å². The number of nitrogens with zero attached hydrogens (tertiary/aromatic N) is 5. The lowest BCUT2D eigenvalue weighted by Crippen LogP contribution is -2.36. The molecule has 2 aliphatic heterocycles. The molecule has 0 saturated carbocycles. The second-order valence-electron chi connectivity index (χ2n) is 8.55. The first-order chi connectivity index (χ1) is 16.1. The molecule has 0 aromatic carbocycles. The number of anilines is 1. The number of rotatable bonds is 8. The van der Waals surface area contributed by atoms with Crippen LogP contribution >= 0.6 is 0 Å². The van der Waals surface area contributed by atoms with Crippen LogP contribution < -0.4 is 5.32 Å². The number of pyridine rings is 2. The van der Waals surface area contributed by atoms with E-state index in [4.69, 9.17) is 4.98 Å². The van der Waals surface area contributed by atoms with Crippen molar-refractivity contribution in [2.45, 2.75) is 38.1 Å². The highest BCUT2D eigenvalue weighted by Crippen LogP contribution is 2.28. The Bertz CT molecular complexity index is 1180. The molecule has 1 atom stereocenters. The molecule has 172 valence electrons. The van der Waals surface area contributed by atoms with Gasteiger partial charge in [-0.05, 0) is 43.4 Å². The number of carboxylic acid groups (broad SMARTS) is 1. The maximum Gasteiger partial charge on any atom is 0.320 e. The fraction of sp³-hybridized carbons (Fsp3) is 0.435. The van der Waals surface area contributed by atoms with E-state index in [0.717, 1.165) is 49.3 Å². The standard InChI is InChI=1S/C23H27N7O3/c31-21(32)12-20(18-11-17-19(13-25-18)27-14-26-17)30-10-9-29(23(30)33)8-2-4-16-6-5-15-3-1-7-24-22(15)28-16/h5-6,11,13-14,20H,1-4,7-10,12H2,(H,24,28)(H,26,27)(H,31,32). The maximum absolute atomic E-state index is 13.1. The minimum Gasteiger partial charge on any atom is -0.481 e. The molecular formula is C23H27N7O3. The zero-order valence-corrected chi connectivity index (χ0v) is 18.3. The molecule has 5 rings (SSSR count). The third-order valence-electron chi connectivity index (χ3n) is 6.35. The number of carbonyl (C=O) groups is 2. The van der Waals surface area contributed by atoms with Crippen LogP contribution in [0.2, 0.25) is 0 Å². The predicted octanol–water partition coefficient (Wildman–Crippen LogP) is 2.60. The number of carboxylic acids is 1. The van der Waals surface area contributed by atoms with Crippen LogP contribution in [-0.4, -0.2) is 73.0 Å². The molecule has 0 aliphatic carbocycles. The summed E-state index contributed by atoms with van der Waals surface area (Å²) in [5, 5.41) is 12.8. The quantitative estimate of drug-likeness (QED) is 0.482. The highest BCUT2D eigenvalue weighted by atomic mass is 16.4. The van der Waals surface area contributed by atoms with E-state index in [2.05, 4.69) is 32.4 Å². The number of imidazole rings is 1. The molecule has 3 aromatic heterocycles. The number of aromatic nitrogens is 4. The van der Waals surface area contributed by atoms with E-state index in [0.29, 0.717) is 30.8 Å². The van der Waals surface area contributed by atoms with Crippen molar-refractivity contribution in [1.82, 2.24) is 29.7 Å². The smallest absolute Gasteiger partial charge is 0.320 e. The molecule has 33 heavy (non-hydrogen) atoms. The van der Waals surface area contributed by atoms with Gasteiger partial charge in [0.2, 0.25) is 0 Å². The lowest BCUT2D eigenvalue weighted by Gasteiger charge is -2.26. The second kappa shape index (κ2) is 9.05. The summed E-state index contributed by atoms with van der Waals surface area (Å²) < 4.78 is 0. The van der Waals surface area contributed by atoms with E-state index in [1.165, 1.54) is 5.56 Å². The summed E-state index contributed by atoms with van der Waals surface area (Å²) in [5.74, 6) is 0.0161. The van der Waals surface area contributed by atoms with Gasteiger partial charge in [-0.3, -0.25) is 9.78 Å². The van der Waals surface area contributed by atoms with Crippen LogP contribution in [0.25, 0.3) is 11.0 Å². The van der Waals surface area contributed by atoms with E-state index in [1.807, 2.05) is 0 Å². The Hall–Kier alpha value is -3.69.